The summed E-state index contributed by atoms with van der Waals surface area (Å²) in [6.45, 7) is 4.23. The Balaban J connectivity index is 2.94. The Morgan fingerprint density at radius 2 is 2.18 bits per heavy atom. The van der Waals surface area contributed by atoms with Gasteiger partial charge in [0.05, 0.1) is 7.11 Å². The van der Waals surface area contributed by atoms with Gasteiger partial charge in [-0.3, -0.25) is 0 Å². The largest absolute Gasteiger partial charge is 0.497 e. The van der Waals surface area contributed by atoms with Crippen molar-refractivity contribution in [3.63, 3.8) is 0 Å². The van der Waals surface area contributed by atoms with Crippen molar-refractivity contribution in [2.24, 2.45) is 0 Å². The second-order valence-electron chi connectivity index (χ2n) is 3.84. The molecule has 3 heteroatoms. The molecule has 0 aliphatic heterocycles. The maximum absolute atomic E-state index is 8.73. The SMILES string of the molecule is COc1ccc(C#CCO)c(CSC(C)C)c1. The van der Waals surface area contributed by atoms with Crippen molar-refractivity contribution >= 4 is 11.8 Å². The summed E-state index contributed by atoms with van der Waals surface area (Å²) in [5.41, 5.74) is 2.12. The summed E-state index contributed by atoms with van der Waals surface area (Å²) in [4.78, 5) is 0. The van der Waals surface area contributed by atoms with E-state index in [0.717, 1.165) is 22.6 Å². The summed E-state index contributed by atoms with van der Waals surface area (Å²) in [6, 6.07) is 5.85. The molecule has 0 heterocycles. The molecule has 0 spiro atoms. The molecule has 0 aliphatic carbocycles. The van der Waals surface area contributed by atoms with Crippen LogP contribution in [0.4, 0.5) is 0 Å². The molecule has 0 radical (unpaired) electrons. The van der Waals surface area contributed by atoms with Crippen molar-refractivity contribution in [1.82, 2.24) is 0 Å². The fourth-order valence-electron chi connectivity index (χ4n) is 1.33. The summed E-state index contributed by atoms with van der Waals surface area (Å²) >= 11 is 1.87. The van der Waals surface area contributed by atoms with E-state index >= 15 is 0 Å². The van der Waals surface area contributed by atoms with Gasteiger partial charge in [-0.15, -0.1) is 0 Å². The summed E-state index contributed by atoms with van der Waals surface area (Å²) in [5.74, 6) is 7.41. The van der Waals surface area contributed by atoms with Gasteiger partial charge in [-0.05, 0) is 29.0 Å². The first-order chi connectivity index (χ1) is 8.17. The van der Waals surface area contributed by atoms with Gasteiger partial charge in [-0.1, -0.05) is 25.7 Å². The van der Waals surface area contributed by atoms with Crippen molar-refractivity contribution in [2.75, 3.05) is 13.7 Å². The maximum atomic E-state index is 8.73. The van der Waals surface area contributed by atoms with Crippen LogP contribution in [0, 0.1) is 11.8 Å². The van der Waals surface area contributed by atoms with Gasteiger partial charge in [0.2, 0.25) is 0 Å². The Morgan fingerprint density at radius 1 is 1.41 bits per heavy atom. The Bertz CT molecular complexity index is 416. The molecule has 0 saturated carbocycles. The predicted molar refractivity (Wildman–Crippen MR) is 73.4 cm³/mol. The predicted octanol–water partition coefficient (Wildman–Crippen LogP) is 2.68. The van der Waals surface area contributed by atoms with Gasteiger partial charge in [0.25, 0.3) is 0 Å². The molecule has 1 aromatic carbocycles. The highest BCUT2D eigenvalue weighted by Gasteiger charge is 2.04. The van der Waals surface area contributed by atoms with E-state index in [1.807, 2.05) is 30.0 Å². The van der Waals surface area contributed by atoms with Crippen LogP contribution < -0.4 is 4.74 Å². The van der Waals surface area contributed by atoms with E-state index in [0.29, 0.717) is 5.25 Å². The molecule has 0 unspecified atom stereocenters. The van der Waals surface area contributed by atoms with Crippen LogP contribution in [0.3, 0.4) is 0 Å². The zero-order valence-corrected chi connectivity index (χ0v) is 11.3. The quantitative estimate of drug-likeness (QED) is 0.833. The number of hydrogen-bond acceptors (Lipinski definition) is 3. The third kappa shape index (κ3) is 4.72. The van der Waals surface area contributed by atoms with Crippen molar-refractivity contribution in [2.45, 2.75) is 24.9 Å². The van der Waals surface area contributed by atoms with E-state index in [4.69, 9.17) is 9.84 Å². The first kappa shape index (κ1) is 14.0. The minimum absolute atomic E-state index is 0.108. The van der Waals surface area contributed by atoms with Crippen LogP contribution in [-0.4, -0.2) is 24.1 Å². The van der Waals surface area contributed by atoms with Gasteiger partial charge in [-0.2, -0.15) is 11.8 Å². The first-order valence-electron chi connectivity index (χ1n) is 5.55. The standard InChI is InChI=1S/C14H18O2S/c1-11(2)17-10-13-9-14(16-3)7-6-12(13)5-4-8-15/h6-7,9,11,15H,8,10H2,1-3H3. The number of aliphatic hydroxyl groups excluding tert-OH is 1. The number of aliphatic hydroxyl groups is 1. The van der Waals surface area contributed by atoms with Crippen LogP contribution in [0.5, 0.6) is 5.75 Å². The highest BCUT2D eigenvalue weighted by atomic mass is 32.2. The molecule has 1 rings (SSSR count). The van der Waals surface area contributed by atoms with Crippen molar-refractivity contribution in [1.29, 1.82) is 0 Å². The lowest BCUT2D eigenvalue weighted by molar-refractivity contribution is 0.350. The number of methoxy groups -OCH3 is 1. The lowest BCUT2D eigenvalue weighted by Crippen LogP contribution is -1.94. The maximum Gasteiger partial charge on any atom is 0.119 e. The van der Waals surface area contributed by atoms with Crippen molar-refractivity contribution in [3.05, 3.63) is 29.3 Å². The highest BCUT2D eigenvalue weighted by Crippen LogP contribution is 2.23. The summed E-state index contributed by atoms with van der Waals surface area (Å²) in [5, 5.41) is 9.32. The van der Waals surface area contributed by atoms with E-state index in [9.17, 15) is 0 Å². The Morgan fingerprint density at radius 3 is 2.76 bits per heavy atom. The monoisotopic (exact) mass is 250 g/mol. The van der Waals surface area contributed by atoms with Gasteiger partial charge >= 0.3 is 0 Å². The normalized spacial score (nSPS) is 9.94. The van der Waals surface area contributed by atoms with Crippen LogP contribution in [-0.2, 0) is 5.75 Å². The molecule has 92 valence electrons. The lowest BCUT2D eigenvalue weighted by atomic mass is 10.1. The van der Waals surface area contributed by atoms with Gasteiger partial charge in [0.1, 0.15) is 12.4 Å². The van der Waals surface area contributed by atoms with Gasteiger partial charge in [0, 0.05) is 11.3 Å². The fourth-order valence-corrected chi connectivity index (χ4v) is 2.08. The summed E-state index contributed by atoms with van der Waals surface area (Å²) in [7, 11) is 1.66. The highest BCUT2D eigenvalue weighted by molar-refractivity contribution is 7.99. The minimum atomic E-state index is -0.108. The third-order valence-electron chi connectivity index (χ3n) is 2.19. The number of rotatable bonds is 4. The number of hydrogen-bond donors (Lipinski definition) is 1. The van der Waals surface area contributed by atoms with Gasteiger partial charge in [-0.25, -0.2) is 0 Å². The second kappa shape index (κ2) is 7.26. The molecule has 0 bridgehead atoms. The zero-order chi connectivity index (χ0) is 12.7. The Kier molecular flexibility index (Phi) is 5.96. The van der Waals surface area contributed by atoms with Crippen LogP contribution in [0.25, 0.3) is 0 Å². The molecule has 2 nitrogen and oxygen atoms in total. The molecule has 0 aliphatic rings. The van der Waals surface area contributed by atoms with Gasteiger partial charge < -0.3 is 9.84 Å². The van der Waals surface area contributed by atoms with E-state index in [1.165, 1.54) is 0 Å². The van der Waals surface area contributed by atoms with Gasteiger partial charge in [0.15, 0.2) is 0 Å². The first-order valence-corrected chi connectivity index (χ1v) is 6.60. The molecule has 0 amide bonds. The molecular weight excluding hydrogens is 232 g/mol. The van der Waals surface area contributed by atoms with E-state index in [-0.39, 0.29) is 6.61 Å². The van der Waals surface area contributed by atoms with Crippen LogP contribution in [0.2, 0.25) is 0 Å². The van der Waals surface area contributed by atoms with Crippen LogP contribution in [0.1, 0.15) is 25.0 Å². The average Bonchev–Trinajstić information content (AvgIpc) is 2.34. The minimum Gasteiger partial charge on any atom is -0.497 e. The average molecular weight is 250 g/mol. The van der Waals surface area contributed by atoms with E-state index in [2.05, 4.69) is 25.7 Å². The second-order valence-corrected chi connectivity index (χ2v) is 5.41. The molecule has 0 atom stereocenters. The summed E-state index contributed by atoms with van der Waals surface area (Å²) in [6.07, 6.45) is 0. The Hall–Kier alpha value is -1.11. The molecule has 1 N–H and O–H groups in total. The van der Waals surface area contributed by atoms with Crippen LogP contribution >= 0.6 is 11.8 Å². The fraction of sp³-hybridized carbons (Fsp3) is 0.429. The molecule has 1 aromatic rings. The van der Waals surface area contributed by atoms with Crippen molar-refractivity contribution in [3.8, 4) is 17.6 Å². The van der Waals surface area contributed by atoms with E-state index in [1.54, 1.807) is 7.11 Å². The van der Waals surface area contributed by atoms with Crippen LogP contribution in [0.15, 0.2) is 18.2 Å². The topological polar surface area (TPSA) is 29.5 Å². The summed E-state index contributed by atoms with van der Waals surface area (Å²) < 4.78 is 5.21. The Labute approximate surface area is 107 Å². The number of thioether (sulfide) groups is 1. The van der Waals surface area contributed by atoms with E-state index < -0.39 is 0 Å². The molecule has 17 heavy (non-hydrogen) atoms. The molecule has 0 fully saturated rings. The van der Waals surface area contributed by atoms with Crippen molar-refractivity contribution < 1.29 is 9.84 Å². The number of ether oxygens (including phenoxy) is 1. The third-order valence-corrected chi connectivity index (χ3v) is 3.33. The number of benzene rings is 1. The molecule has 0 saturated heterocycles. The lowest BCUT2D eigenvalue weighted by Gasteiger charge is -2.09. The molecular formula is C14H18O2S. The molecule has 0 aromatic heterocycles. The zero-order valence-electron chi connectivity index (χ0n) is 10.5. The smallest absolute Gasteiger partial charge is 0.119 e.